The lowest BCUT2D eigenvalue weighted by molar-refractivity contribution is 0.0940. The van der Waals surface area contributed by atoms with Crippen molar-refractivity contribution in [2.75, 3.05) is 6.54 Å². The maximum Gasteiger partial charge on any atom is 0.264 e. The first kappa shape index (κ1) is 15.1. The van der Waals surface area contributed by atoms with Gasteiger partial charge in [-0.05, 0) is 35.7 Å². The number of carbonyl (C=O) groups is 1. The highest BCUT2D eigenvalue weighted by Gasteiger charge is 2.20. The number of aryl methyl sites for hydroxylation is 1. The van der Waals surface area contributed by atoms with Crippen molar-refractivity contribution < 1.29 is 4.79 Å². The Kier molecular flexibility index (Phi) is 5.72. The summed E-state index contributed by atoms with van der Waals surface area (Å²) in [6, 6.07) is 0. The number of nitrogens with one attached hydrogen (secondary N) is 1. The number of amides is 1. The molecule has 1 aromatic heterocycles. The molecule has 4 nitrogen and oxygen atoms in total. The summed E-state index contributed by atoms with van der Waals surface area (Å²) in [6.07, 6.45) is 0.747. The molecule has 1 heterocycles. The molecule has 18 heavy (non-hydrogen) atoms. The maximum atomic E-state index is 12.1. The molecule has 1 rings (SSSR count). The van der Waals surface area contributed by atoms with Crippen LogP contribution >= 0.6 is 11.5 Å². The zero-order chi connectivity index (χ0) is 13.7. The van der Waals surface area contributed by atoms with Crippen LogP contribution < -0.4 is 5.32 Å². The van der Waals surface area contributed by atoms with Crippen molar-refractivity contribution in [3.05, 3.63) is 10.6 Å². The minimum atomic E-state index is -0.0341. The smallest absolute Gasteiger partial charge is 0.264 e. The lowest BCUT2D eigenvalue weighted by atomic mass is 9.85. The fraction of sp³-hybridized carbons (Fsp3) is 0.769. The Bertz CT molecular complexity index is 379. The molecule has 0 radical (unpaired) electrons. The first-order valence-corrected chi connectivity index (χ1v) is 7.34. The molecule has 0 aliphatic rings. The Labute approximate surface area is 113 Å². The molecule has 5 heteroatoms. The van der Waals surface area contributed by atoms with E-state index < -0.39 is 0 Å². The van der Waals surface area contributed by atoms with Crippen LogP contribution in [0.2, 0.25) is 0 Å². The van der Waals surface area contributed by atoms with Crippen LogP contribution in [0.25, 0.3) is 0 Å². The second kappa shape index (κ2) is 6.83. The summed E-state index contributed by atoms with van der Waals surface area (Å²) in [6.45, 7) is 11.5. The summed E-state index contributed by atoms with van der Waals surface area (Å²) in [5, 5.41) is 6.97. The Morgan fingerprint density at radius 2 is 1.89 bits per heavy atom. The Balaban J connectivity index is 2.60. The van der Waals surface area contributed by atoms with E-state index in [4.69, 9.17) is 0 Å². The summed E-state index contributed by atoms with van der Waals surface area (Å²) < 4.78 is 3.84. The highest BCUT2D eigenvalue weighted by atomic mass is 32.1. The van der Waals surface area contributed by atoms with Gasteiger partial charge in [-0.3, -0.25) is 4.79 Å². The molecule has 0 fully saturated rings. The third kappa shape index (κ3) is 3.77. The van der Waals surface area contributed by atoms with E-state index in [9.17, 15) is 4.79 Å². The molecule has 0 aromatic carbocycles. The van der Waals surface area contributed by atoms with Gasteiger partial charge >= 0.3 is 0 Å². The third-order valence-corrected chi connectivity index (χ3v) is 4.07. The number of hydrogen-bond acceptors (Lipinski definition) is 4. The lowest BCUT2D eigenvalue weighted by Gasteiger charge is -2.24. The summed E-state index contributed by atoms with van der Waals surface area (Å²) in [5.41, 5.74) is 0.795. The van der Waals surface area contributed by atoms with Crippen molar-refractivity contribution in [3.8, 4) is 0 Å². The minimum Gasteiger partial charge on any atom is -0.351 e. The monoisotopic (exact) mass is 269 g/mol. The third-order valence-electron chi connectivity index (χ3n) is 3.31. The topological polar surface area (TPSA) is 54.9 Å². The second-order valence-corrected chi connectivity index (χ2v) is 6.02. The van der Waals surface area contributed by atoms with Gasteiger partial charge in [0.25, 0.3) is 5.91 Å². The number of nitrogens with zero attached hydrogens (tertiary/aromatic N) is 2. The van der Waals surface area contributed by atoms with Gasteiger partial charge in [0.05, 0.1) is 5.69 Å². The fourth-order valence-corrected chi connectivity index (χ4v) is 2.81. The Morgan fingerprint density at radius 3 is 2.39 bits per heavy atom. The predicted molar refractivity (Wildman–Crippen MR) is 74.8 cm³/mol. The van der Waals surface area contributed by atoms with E-state index in [1.54, 1.807) is 0 Å². The van der Waals surface area contributed by atoms with Gasteiger partial charge in [0.15, 0.2) is 0 Å². The summed E-state index contributed by atoms with van der Waals surface area (Å²) >= 11 is 1.18. The molecule has 1 amide bonds. The van der Waals surface area contributed by atoms with Gasteiger partial charge in [0.1, 0.15) is 4.88 Å². The highest BCUT2D eigenvalue weighted by molar-refractivity contribution is 7.08. The van der Waals surface area contributed by atoms with Gasteiger partial charge in [-0.1, -0.05) is 39.1 Å². The van der Waals surface area contributed by atoms with Gasteiger partial charge in [-0.2, -0.15) is 0 Å². The molecule has 0 saturated carbocycles. The zero-order valence-corrected chi connectivity index (χ0v) is 12.7. The molecule has 1 aromatic rings. The molecule has 0 bridgehead atoms. The second-order valence-electron chi connectivity index (χ2n) is 5.26. The first-order valence-electron chi connectivity index (χ1n) is 6.56. The number of aromatic nitrogens is 2. The first-order chi connectivity index (χ1) is 8.47. The van der Waals surface area contributed by atoms with E-state index in [0.29, 0.717) is 22.6 Å². The van der Waals surface area contributed by atoms with Crippen molar-refractivity contribution in [2.24, 2.45) is 17.8 Å². The maximum absolute atomic E-state index is 12.1. The Hall–Kier alpha value is -0.970. The summed E-state index contributed by atoms with van der Waals surface area (Å²) in [4.78, 5) is 12.7. The van der Waals surface area contributed by atoms with E-state index in [-0.39, 0.29) is 5.91 Å². The van der Waals surface area contributed by atoms with E-state index >= 15 is 0 Å². The molecular formula is C13H23N3OS. The molecule has 0 unspecified atom stereocenters. The van der Waals surface area contributed by atoms with Crippen molar-refractivity contribution in [2.45, 2.75) is 41.0 Å². The molecular weight excluding hydrogens is 246 g/mol. The van der Waals surface area contributed by atoms with Crippen molar-refractivity contribution in [3.63, 3.8) is 0 Å². The molecule has 0 aliphatic carbocycles. The van der Waals surface area contributed by atoms with E-state index in [2.05, 4.69) is 42.6 Å². The van der Waals surface area contributed by atoms with Crippen LogP contribution in [-0.2, 0) is 6.42 Å². The van der Waals surface area contributed by atoms with Crippen LogP contribution in [0, 0.1) is 17.8 Å². The molecule has 102 valence electrons. The largest absolute Gasteiger partial charge is 0.351 e. The molecule has 1 N–H and O–H groups in total. The van der Waals surface area contributed by atoms with Gasteiger partial charge in [0.2, 0.25) is 0 Å². The normalized spacial score (nSPS) is 11.6. The van der Waals surface area contributed by atoms with E-state index in [1.165, 1.54) is 11.5 Å². The quantitative estimate of drug-likeness (QED) is 0.864. The summed E-state index contributed by atoms with van der Waals surface area (Å²) in [5.74, 6) is 1.60. The van der Waals surface area contributed by atoms with Gasteiger partial charge in [-0.25, -0.2) is 0 Å². The standard InChI is InChI=1S/C13H23N3OS/c1-6-11-12(18-16-15-11)13(17)14-7-10(8(2)3)9(4)5/h8-10H,6-7H2,1-5H3,(H,14,17). The average Bonchev–Trinajstić information content (AvgIpc) is 2.75. The molecule has 0 atom stereocenters. The van der Waals surface area contributed by atoms with Crippen LogP contribution in [0.1, 0.15) is 50.0 Å². The zero-order valence-electron chi connectivity index (χ0n) is 11.9. The van der Waals surface area contributed by atoms with Crippen molar-refractivity contribution >= 4 is 17.4 Å². The van der Waals surface area contributed by atoms with E-state index in [0.717, 1.165) is 18.7 Å². The SMILES string of the molecule is CCc1nnsc1C(=O)NCC(C(C)C)C(C)C. The Morgan fingerprint density at radius 1 is 1.28 bits per heavy atom. The van der Waals surface area contributed by atoms with Crippen molar-refractivity contribution in [1.29, 1.82) is 0 Å². The van der Waals surface area contributed by atoms with Crippen LogP contribution in [-0.4, -0.2) is 22.0 Å². The van der Waals surface area contributed by atoms with Crippen LogP contribution in [0.15, 0.2) is 0 Å². The molecule has 0 aliphatic heterocycles. The average molecular weight is 269 g/mol. The van der Waals surface area contributed by atoms with Crippen LogP contribution in [0.5, 0.6) is 0 Å². The van der Waals surface area contributed by atoms with E-state index in [1.807, 2.05) is 6.92 Å². The molecule has 0 spiro atoms. The fourth-order valence-electron chi connectivity index (χ4n) is 2.14. The van der Waals surface area contributed by atoms with Crippen molar-refractivity contribution in [1.82, 2.24) is 14.9 Å². The number of rotatable bonds is 6. The number of hydrogen-bond donors (Lipinski definition) is 1. The summed E-state index contributed by atoms with van der Waals surface area (Å²) in [7, 11) is 0. The van der Waals surface area contributed by atoms with Gasteiger partial charge < -0.3 is 5.32 Å². The molecule has 0 saturated heterocycles. The lowest BCUT2D eigenvalue weighted by Crippen LogP contribution is -2.33. The predicted octanol–water partition coefficient (Wildman–Crippen LogP) is 2.76. The highest BCUT2D eigenvalue weighted by Crippen LogP contribution is 2.20. The van der Waals surface area contributed by atoms with Gasteiger partial charge in [0, 0.05) is 6.54 Å². The van der Waals surface area contributed by atoms with Gasteiger partial charge in [-0.15, -0.1) is 5.10 Å². The minimum absolute atomic E-state index is 0.0341. The van der Waals surface area contributed by atoms with Crippen LogP contribution in [0.3, 0.4) is 0 Å². The van der Waals surface area contributed by atoms with Crippen LogP contribution in [0.4, 0.5) is 0 Å². The number of carbonyl (C=O) groups excluding carboxylic acids is 1.